The Kier molecular flexibility index (Phi) is 6.80. The summed E-state index contributed by atoms with van der Waals surface area (Å²) in [5.74, 6) is 0.445. The zero-order valence-electron chi connectivity index (χ0n) is 18.1. The third-order valence-electron chi connectivity index (χ3n) is 5.33. The van der Waals surface area contributed by atoms with E-state index in [1.54, 1.807) is 0 Å². The van der Waals surface area contributed by atoms with Gasteiger partial charge < -0.3 is 15.4 Å². The van der Waals surface area contributed by atoms with Gasteiger partial charge in [-0.2, -0.15) is 0 Å². The molecular formula is C26H27N3O3. The largest absolute Gasteiger partial charge is 0.484 e. The minimum atomic E-state index is -0.128. The molecule has 0 radical (unpaired) electrons. The molecule has 6 nitrogen and oxygen atoms in total. The fourth-order valence-corrected chi connectivity index (χ4v) is 3.38. The van der Waals surface area contributed by atoms with Crippen LogP contribution in [0.3, 0.4) is 0 Å². The van der Waals surface area contributed by atoms with Crippen LogP contribution < -0.4 is 15.4 Å². The number of aryl methyl sites for hydroxylation is 1. The van der Waals surface area contributed by atoms with Crippen LogP contribution in [0.25, 0.3) is 11.3 Å². The first-order chi connectivity index (χ1) is 15.6. The molecule has 2 aromatic carbocycles. The molecule has 32 heavy (non-hydrogen) atoms. The normalized spacial score (nSPS) is 12.8. The molecule has 0 aliphatic heterocycles. The van der Waals surface area contributed by atoms with E-state index in [-0.39, 0.29) is 18.4 Å². The van der Waals surface area contributed by atoms with Crippen LogP contribution in [0.1, 0.15) is 34.5 Å². The Balaban J connectivity index is 1.24. The van der Waals surface area contributed by atoms with Crippen molar-refractivity contribution in [2.45, 2.75) is 32.2 Å². The number of hydrogen-bond donors (Lipinski definition) is 2. The second kappa shape index (κ2) is 10.1. The predicted octanol–water partition coefficient (Wildman–Crippen LogP) is 3.69. The molecule has 1 aliphatic carbocycles. The summed E-state index contributed by atoms with van der Waals surface area (Å²) in [4.78, 5) is 28.9. The number of carbonyl (C=O) groups excluding carboxylic acids is 2. The number of hydrogen-bond acceptors (Lipinski definition) is 4. The first kappa shape index (κ1) is 21.6. The quantitative estimate of drug-likeness (QED) is 0.544. The molecule has 0 spiro atoms. The molecule has 0 atom stereocenters. The number of aromatic nitrogens is 1. The van der Waals surface area contributed by atoms with Gasteiger partial charge in [0.2, 0.25) is 0 Å². The van der Waals surface area contributed by atoms with Gasteiger partial charge in [0.05, 0.1) is 17.0 Å². The van der Waals surface area contributed by atoms with Gasteiger partial charge in [0.1, 0.15) is 5.75 Å². The topological polar surface area (TPSA) is 80.3 Å². The fraction of sp³-hybridized carbons (Fsp3) is 0.269. The van der Waals surface area contributed by atoms with Gasteiger partial charge in [0.25, 0.3) is 11.8 Å². The summed E-state index contributed by atoms with van der Waals surface area (Å²) < 4.78 is 5.52. The lowest BCUT2D eigenvalue weighted by Crippen LogP contribution is -2.30. The van der Waals surface area contributed by atoms with Crippen LogP contribution in [0, 0.1) is 6.92 Å². The van der Waals surface area contributed by atoms with Crippen molar-refractivity contribution < 1.29 is 14.3 Å². The van der Waals surface area contributed by atoms with E-state index in [0.29, 0.717) is 36.0 Å². The highest BCUT2D eigenvalue weighted by Crippen LogP contribution is 2.19. The molecule has 0 bridgehead atoms. The van der Waals surface area contributed by atoms with Crippen molar-refractivity contribution in [2.24, 2.45) is 0 Å². The Morgan fingerprint density at radius 1 is 1.00 bits per heavy atom. The molecule has 1 saturated carbocycles. The smallest absolute Gasteiger partial charge is 0.258 e. The highest BCUT2D eigenvalue weighted by Gasteiger charge is 2.23. The van der Waals surface area contributed by atoms with Crippen molar-refractivity contribution in [3.8, 4) is 17.0 Å². The van der Waals surface area contributed by atoms with E-state index in [0.717, 1.165) is 29.7 Å². The fourth-order valence-electron chi connectivity index (χ4n) is 3.38. The van der Waals surface area contributed by atoms with E-state index in [1.165, 1.54) is 0 Å². The lowest BCUT2D eigenvalue weighted by atomic mass is 10.1. The second-order valence-corrected chi connectivity index (χ2v) is 7.98. The number of rotatable bonds is 9. The Labute approximate surface area is 188 Å². The summed E-state index contributed by atoms with van der Waals surface area (Å²) in [7, 11) is 0. The zero-order valence-corrected chi connectivity index (χ0v) is 18.1. The second-order valence-electron chi connectivity index (χ2n) is 7.98. The van der Waals surface area contributed by atoms with Crippen molar-refractivity contribution in [3.63, 3.8) is 0 Å². The predicted molar refractivity (Wildman–Crippen MR) is 124 cm³/mol. The van der Waals surface area contributed by atoms with Crippen molar-refractivity contribution >= 4 is 11.8 Å². The van der Waals surface area contributed by atoms with Crippen LogP contribution in [0.4, 0.5) is 0 Å². The van der Waals surface area contributed by atoms with Gasteiger partial charge in [-0.05, 0) is 56.0 Å². The third kappa shape index (κ3) is 5.94. The van der Waals surface area contributed by atoms with Gasteiger partial charge in [-0.1, -0.05) is 42.5 Å². The molecule has 0 saturated heterocycles. The molecular weight excluding hydrogens is 402 g/mol. The molecule has 2 amide bonds. The zero-order chi connectivity index (χ0) is 22.3. The van der Waals surface area contributed by atoms with Crippen LogP contribution in [-0.2, 0) is 11.2 Å². The van der Waals surface area contributed by atoms with Crippen molar-refractivity contribution in [2.75, 3.05) is 13.2 Å². The first-order valence-electron chi connectivity index (χ1n) is 10.9. The Hall–Kier alpha value is -3.67. The molecule has 6 heteroatoms. The summed E-state index contributed by atoms with van der Waals surface area (Å²) in [5.41, 5.74) is 4.24. The first-order valence-corrected chi connectivity index (χ1v) is 10.9. The van der Waals surface area contributed by atoms with Crippen LogP contribution >= 0.6 is 0 Å². The number of carbonyl (C=O) groups is 2. The number of ether oxygens (including phenoxy) is 1. The standard InChI is InChI=1S/C26H27N3O3/c1-18-23(13-14-24(28-18)20-5-3-2-4-6-20)26(31)27-16-15-19-7-11-22(12-8-19)32-17-25(30)29-21-9-10-21/h2-8,11-14,21H,9-10,15-17H2,1H3,(H,27,31)(H,29,30). The molecule has 3 aromatic rings. The number of amides is 2. The number of benzene rings is 2. The van der Waals surface area contributed by atoms with Crippen molar-refractivity contribution in [1.29, 1.82) is 0 Å². The molecule has 2 N–H and O–H groups in total. The number of nitrogens with zero attached hydrogens (tertiary/aromatic N) is 1. The van der Waals surface area contributed by atoms with Gasteiger partial charge in [0.15, 0.2) is 6.61 Å². The average Bonchev–Trinajstić information content (AvgIpc) is 3.63. The molecule has 1 heterocycles. The molecule has 1 aliphatic rings. The highest BCUT2D eigenvalue weighted by molar-refractivity contribution is 5.95. The monoisotopic (exact) mass is 429 g/mol. The summed E-state index contributed by atoms with van der Waals surface area (Å²) in [6, 6.07) is 21.5. The van der Waals surface area contributed by atoms with Crippen LogP contribution in [0.2, 0.25) is 0 Å². The lowest BCUT2D eigenvalue weighted by molar-refractivity contribution is -0.123. The minimum Gasteiger partial charge on any atom is -0.484 e. The number of nitrogens with one attached hydrogen (secondary N) is 2. The van der Waals surface area contributed by atoms with Gasteiger partial charge in [-0.25, -0.2) is 0 Å². The van der Waals surface area contributed by atoms with E-state index in [2.05, 4.69) is 15.6 Å². The van der Waals surface area contributed by atoms with E-state index in [4.69, 9.17) is 4.74 Å². The van der Waals surface area contributed by atoms with E-state index in [1.807, 2.05) is 73.7 Å². The highest BCUT2D eigenvalue weighted by atomic mass is 16.5. The van der Waals surface area contributed by atoms with Crippen LogP contribution in [0.15, 0.2) is 66.7 Å². The molecule has 0 unspecified atom stereocenters. The molecule has 1 fully saturated rings. The summed E-state index contributed by atoms with van der Waals surface area (Å²) in [6.07, 6.45) is 2.82. The lowest BCUT2D eigenvalue weighted by Gasteiger charge is -2.10. The maximum absolute atomic E-state index is 12.6. The number of pyridine rings is 1. The van der Waals surface area contributed by atoms with Crippen molar-refractivity contribution in [1.82, 2.24) is 15.6 Å². The van der Waals surface area contributed by atoms with Gasteiger partial charge in [-0.3, -0.25) is 14.6 Å². The summed E-state index contributed by atoms with van der Waals surface area (Å²) in [6.45, 7) is 2.40. The SMILES string of the molecule is Cc1nc(-c2ccccc2)ccc1C(=O)NCCc1ccc(OCC(=O)NC2CC2)cc1. The molecule has 4 rings (SSSR count). The summed E-state index contributed by atoms with van der Waals surface area (Å²) >= 11 is 0. The average molecular weight is 430 g/mol. The maximum atomic E-state index is 12.6. The molecule has 164 valence electrons. The Morgan fingerprint density at radius 2 is 1.75 bits per heavy atom. The summed E-state index contributed by atoms with van der Waals surface area (Å²) in [5, 5.41) is 5.86. The van der Waals surface area contributed by atoms with E-state index in [9.17, 15) is 9.59 Å². The third-order valence-corrected chi connectivity index (χ3v) is 5.33. The van der Waals surface area contributed by atoms with Crippen molar-refractivity contribution in [3.05, 3.63) is 83.6 Å². The Bertz CT molecular complexity index is 1080. The minimum absolute atomic E-state index is 0.0301. The van der Waals surface area contributed by atoms with Gasteiger partial charge in [0, 0.05) is 18.2 Å². The van der Waals surface area contributed by atoms with E-state index < -0.39 is 0 Å². The van der Waals surface area contributed by atoms with E-state index >= 15 is 0 Å². The van der Waals surface area contributed by atoms with Gasteiger partial charge in [-0.15, -0.1) is 0 Å². The Morgan fingerprint density at radius 3 is 2.44 bits per heavy atom. The van der Waals surface area contributed by atoms with Gasteiger partial charge >= 0.3 is 0 Å². The van der Waals surface area contributed by atoms with Crippen LogP contribution in [-0.4, -0.2) is 36.0 Å². The maximum Gasteiger partial charge on any atom is 0.258 e. The molecule has 1 aromatic heterocycles. The van der Waals surface area contributed by atoms with Crippen LogP contribution in [0.5, 0.6) is 5.75 Å².